The molecule has 0 unspecified atom stereocenters. The molecule has 9 nitrogen and oxygen atoms in total. The van der Waals surface area contributed by atoms with Gasteiger partial charge in [-0.25, -0.2) is 34.4 Å². The van der Waals surface area contributed by atoms with Crippen molar-refractivity contribution in [1.29, 1.82) is 0 Å². The fourth-order valence-electron chi connectivity index (χ4n) is 5.03. The lowest BCUT2D eigenvalue weighted by molar-refractivity contribution is -0.0438. The van der Waals surface area contributed by atoms with E-state index < -0.39 is 68.2 Å². The van der Waals surface area contributed by atoms with Crippen molar-refractivity contribution in [2.75, 3.05) is 0 Å². The van der Waals surface area contributed by atoms with Crippen LogP contribution in [0.25, 0.3) is 11.1 Å². The Balaban J connectivity index is 1.43. The van der Waals surface area contributed by atoms with Crippen LogP contribution in [0.1, 0.15) is 16.7 Å². The number of hydrogen-bond donors (Lipinski definition) is 2. The second kappa shape index (κ2) is 15.1. The minimum Gasteiger partial charge on any atom is -0.505 e. The number of halogens is 6. The second-order valence-electron chi connectivity index (χ2n) is 11.3. The van der Waals surface area contributed by atoms with Gasteiger partial charge in [-0.15, -0.1) is 0 Å². The molecule has 0 aromatic heterocycles. The maximum Gasteiger partial charge on any atom is 0.502 e. The van der Waals surface area contributed by atoms with Crippen molar-refractivity contribution in [2.24, 2.45) is 0 Å². The number of nitrogens with zero attached hydrogens (tertiary/aromatic N) is 1. The number of nitrogens with one attached hydrogen (secondary N) is 1. The summed E-state index contributed by atoms with van der Waals surface area (Å²) in [6.45, 7) is -0.970. The highest BCUT2D eigenvalue weighted by molar-refractivity contribution is 7.92. The summed E-state index contributed by atoms with van der Waals surface area (Å²) < 4.78 is 134. The van der Waals surface area contributed by atoms with Crippen LogP contribution >= 0.6 is 23.2 Å². The molecule has 0 saturated carbocycles. The average Bonchev–Trinajstić information content (AvgIpc) is 3.09. The summed E-state index contributed by atoms with van der Waals surface area (Å²) in [6, 6.07) is 25.8. The maximum atomic E-state index is 14.1. The van der Waals surface area contributed by atoms with Crippen LogP contribution < -0.4 is 4.72 Å². The molecule has 0 fully saturated rings. The van der Waals surface area contributed by atoms with Crippen LogP contribution in [-0.2, 0) is 49.5 Å². The van der Waals surface area contributed by atoms with Crippen LogP contribution in [0, 0.1) is 5.82 Å². The van der Waals surface area contributed by atoms with Gasteiger partial charge in [0.2, 0.25) is 20.0 Å². The molecule has 274 valence electrons. The minimum absolute atomic E-state index is 0.0490. The highest BCUT2D eigenvalue weighted by Gasteiger charge is 2.48. The van der Waals surface area contributed by atoms with Crippen LogP contribution in [0.4, 0.5) is 17.6 Å². The highest BCUT2D eigenvalue weighted by atomic mass is 35.5. The Kier molecular flexibility index (Phi) is 11.4. The van der Waals surface area contributed by atoms with E-state index in [0.717, 1.165) is 21.5 Å². The van der Waals surface area contributed by atoms with Crippen molar-refractivity contribution in [1.82, 2.24) is 9.03 Å². The Morgan fingerprint density at radius 1 is 0.673 bits per heavy atom. The van der Waals surface area contributed by atoms with Gasteiger partial charge in [-0.1, -0.05) is 102 Å². The van der Waals surface area contributed by atoms with Gasteiger partial charge in [-0.05, 0) is 58.1 Å². The molecule has 5 aromatic carbocycles. The van der Waals surface area contributed by atoms with Crippen molar-refractivity contribution in [3.05, 3.63) is 142 Å². The zero-order valence-corrected chi connectivity index (χ0v) is 30.3. The third-order valence-electron chi connectivity index (χ3n) is 7.65. The first-order valence-electron chi connectivity index (χ1n) is 14.8. The van der Waals surface area contributed by atoms with Crippen molar-refractivity contribution in [3.8, 4) is 16.9 Å². The van der Waals surface area contributed by atoms with Gasteiger partial charge in [0.1, 0.15) is 15.6 Å². The predicted molar refractivity (Wildman–Crippen MR) is 187 cm³/mol. The molecular weight excluding hydrogens is 791 g/mol. The lowest BCUT2D eigenvalue weighted by Gasteiger charge is -2.24. The first kappa shape index (κ1) is 39.2. The third kappa shape index (κ3) is 8.60. The van der Waals surface area contributed by atoms with Gasteiger partial charge in [0.25, 0.3) is 9.84 Å². The van der Waals surface area contributed by atoms with Crippen LogP contribution in [0.3, 0.4) is 0 Å². The summed E-state index contributed by atoms with van der Waals surface area (Å²) in [6.07, 6.45) is 0. The normalized spacial score (nSPS) is 12.7. The van der Waals surface area contributed by atoms with E-state index in [-0.39, 0.29) is 34.8 Å². The average molecular weight is 818 g/mol. The molecule has 0 atom stereocenters. The Morgan fingerprint density at radius 3 is 1.94 bits per heavy atom. The molecule has 52 heavy (non-hydrogen) atoms. The van der Waals surface area contributed by atoms with Gasteiger partial charge in [-0.2, -0.15) is 17.5 Å². The van der Waals surface area contributed by atoms with Crippen molar-refractivity contribution < 1.29 is 47.9 Å². The second-order valence-corrected chi connectivity index (χ2v) is 17.7. The number of phenols is 1. The number of benzene rings is 5. The standard InChI is InChI=1S/C34H26Cl2F4N2O7S3/c35-27-16-29(36)33(43)32(17-27)52(48,49)42(20-22-9-11-26(12-10-22)25-7-2-1-3-8-25)21-24-6-4-5-23(15-24)19-41-51(46,47)28-13-14-30(37)31(18-28)50(44,45)34(38,39)40/h1-18,41,43H,19-21H2. The molecule has 18 heteroatoms. The van der Waals surface area contributed by atoms with E-state index >= 15 is 0 Å². The summed E-state index contributed by atoms with van der Waals surface area (Å²) in [5.41, 5.74) is -2.86. The lowest BCUT2D eigenvalue weighted by Crippen LogP contribution is -2.30. The van der Waals surface area contributed by atoms with E-state index in [1.807, 2.05) is 42.5 Å². The number of alkyl halides is 3. The summed E-state index contributed by atoms with van der Waals surface area (Å²) >= 11 is 12.1. The fraction of sp³-hybridized carbons (Fsp3) is 0.118. The number of hydrogen-bond acceptors (Lipinski definition) is 7. The SMILES string of the molecule is O=S(=O)(NCc1cccc(CN(Cc2ccc(-c3ccccc3)cc2)S(=O)(=O)c2cc(Cl)cc(Cl)c2O)c1)c1ccc(F)c(S(=O)(=O)C(F)(F)F)c1. The topological polar surface area (TPSA) is 138 Å². The minimum atomic E-state index is -6.20. The molecule has 5 rings (SSSR count). The first-order chi connectivity index (χ1) is 24.3. The smallest absolute Gasteiger partial charge is 0.502 e. The zero-order valence-electron chi connectivity index (χ0n) is 26.4. The zero-order chi connectivity index (χ0) is 38.1. The van der Waals surface area contributed by atoms with E-state index in [1.165, 1.54) is 24.3 Å². The molecule has 0 saturated heterocycles. The largest absolute Gasteiger partial charge is 0.505 e. The van der Waals surface area contributed by atoms with Crippen molar-refractivity contribution in [3.63, 3.8) is 0 Å². The molecule has 0 radical (unpaired) electrons. The molecule has 0 aliphatic rings. The van der Waals surface area contributed by atoms with Gasteiger partial charge < -0.3 is 5.11 Å². The van der Waals surface area contributed by atoms with Crippen LogP contribution in [-0.4, -0.2) is 40.2 Å². The molecule has 2 N–H and O–H groups in total. The van der Waals surface area contributed by atoms with Crippen molar-refractivity contribution >= 4 is 53.1 Å². The van der Waals surface area contributed by atoms with Gasteiger partial charge in [0.05, 0.1) is 9.92 Å². The summed E-state index contributed by atoms with van der Waals surface area (Å²) in [4.78, 5) is -3.35. The Labute approximate surface area is 307 Å². The quantitative estimate of drug-likeness (QED) is 0.123. The van der Waals surface area contributed by atoms with Gasteiger partial charge >= 0.3 is 5.51 Å². The number of phenolic OH excluding ortho intramolecular Hbond substituents is 1. The lowest BCUT2D eigenvalue weighted by atomic mass is 10.0. The highest BCUT2D eigenvalue weighted by Crippen LogP contribution is 2.37. The van der Waals surface area contributed by atoms with Crippen LogP contribution in [0.5, 0.6) is 5.75 Å². The molecular formula is C34H26Cl2F4N2O7S3. The Hall–Kier alpha value is -4.03. The number of rotatable bonds is 12. The number of sulfone groups is 1. The number of aromatic hydroxyl groups is 1. The molecule has 0 amide bonds. The molecule has 0 aliphatic carbocycles. The van der Waals surface area contributed by atoms with E-state index in [2.05, 4.69) is 4.72 Å². The van der Waals surface area contributed by atoms with Gasteiger partial charge in [-0.3, -0.25) is 0 Å². The third-order valence-corrected chi connectivity index (χ3v) is 12.9. The molecule has 0 bridgehead atoms. The van der Waals surface area contributed by atoms with E-state index in [0.29, 0.717) is 23.3 Å². The summed E-state index contributed by atoms with van der Waals surface area (Å²) in [5.74, 6) is -2.50. The monoisotopic (exact) mass is 816 g/mol. The maximum absolute atomic E-state index is 14.1. The summed E-state index contributed by atoms with van der Waals surface area (Å²) in [7, 11) is -15.4. The Morgan fingerprint density at radius 2 is 1.29 bits per heavy atom. The molecule has 0 spiro atoms. The van der Waals surface area contributed by atoms with E-state index in [4.69, 9.17) is 23.2 Å². The number of sulfonamides is 2. The van der Waals surface area contributed by atoms with Crippen LogP contribution in [0.15, 0.2) is 124 Å². The van der Waals surface area contributed by atoms with Crippen molar-refractivity contribution in [2.45, 2.75) is 39.8 Å². The molecule has 0 aliphatic heterocycles. The predicted octanol–water partition coefficient (Wildman–Crippen LogP) is 7.67. The van der Waals surface area contributed by atoms with Gasteiger partial charge in [0.15, 0.2) is 5.75 Å². The summed E-state index contributed by atoms with van der Waals surface area (Å²) in [5, 5.41) is 10.3. The fourth-order valence-corrected chi connectivity index (χ4v) is 9.16. The van der Waals surface area contributed by atoms with E-state index in [9.17, 15) is 47.9 Å². The first-order valence-corrected chi connectivity index (χ1v) is 20.0. The van der Waals surface area contributed by atoms with Gasteiger partial charge in [0, 0.05) is 24.7 Å². The van der Waals surface area contributed by atoms with E-state index in [1.54, 1.807) is 18.2 Å². The molecule has 0 heterocycles. The Bertz CT molecular complexity index is 2450. The van der Waals surface area contributed by atoms with Crippen LogP contribution in [0.2, 0.25) is 10.0 Å². The molecule has 5 aromatic rings.